The number of rotatable bonds is 3. The standard InChI is InChI=1S/C5H11NO2.C2H6O2/c1-4(2)8-5(7)3-6;3-1-2-4/h4H,3,6H2,1-2H3;3-4H,1-2H2. The summed E-state index contributed by atoms with van der Waals surface area (Å²) >= 11 is 0. The smallest absolute Gasteiger partial charge is 0.319 e. The van der Waals surface area contributed by atoms with Crippen LogP contribution in [0.5, 0.6) is 0 Å². The summed E-state index contributed by atoms with van der Waals surface area (Å²) in [6.07, 6.45) is -0.0500. The SMILES string of the molecule is CC(C)OC(=O)CN.OCCO. The maximum atomic E-state index is 10.3. The van der Waals surface area contributed by atoms with Gasteiger partial charge in [0.25, 0.3) is 0 Å². The molecule has 0 aliphatic carbocycles. The summed E-state index contributed by atoms with van der Waals surface area (Å²) < 4.78 is 4.64. The van der Waals surface area contributed by atoms with Gasteiger partial charge in [-0.1, -0.05) is 0 Å². The van der Waals surface area contributed by atoms with E-state index in [-0.39, 0.29) is 31.8 Å². The van der Waals surface area contributed by atoms with E-state index in [4.69, 9.17) is 15.9 Å². The van der Waals surface area contributed by atoms with Gasteiger partial charge in [-0.05, 0) is 13.8 Å². The zero-order valence-corrected chi connectivity index (χ0v) is 7.49. The van der Waals surface area contributed by atoms with E-state index in [2.05, 4.69) is 4.74 Å². The number of carbonyl (C=O) groups excluding carboxylic acids is 1. The number of carbonyl (C=O) groups is 1. The number of nitrogens with two attached hydrogens (primary N) is 1. The van der Waals surface area contributed by atoms with Gasteiger partial charge in [0.15, 0.2) is 0 Å². The number of hydrogen-bond donors (Lipinski definition) is 3. The second-order valence-electron chi connectivity index (χ2n) is 2.19. The van der Waals surface area contributed by atoms with Gasteiger partial charge in [0.05, 0.1) is 25.9 Å². The van der Waals surface area contributed by atoms with Crippen LogP contribution in [-0.4, -0.2) is 42.0 Å². The Hall–Kier alpha value is -0.650. The van der Waals surface area contributed by atoms with Crippen LogP contribution in [0.4, 0.5) is 0 Å². The minimum absolute atomic E-state index is 0.0296. The molecule has 0 aromatic heterocycles. The van der Waals surface area contributed by atoms with Gasteiger partial charge in [-0.3, -0.25) is 4.79 Å². The van der Waals surface area contributed by atoms with E-state index in [1.165, 1.54) is 0 Å². The molecule has 0 aromatic carbocycles. The summed E-state index contributed by atoms with van der Waals surface area (Å²) in [5.74, 6) is -0.347. The molecule has 0 heterocycles. The second kappa shape index (κ2) is 10.3. The predicted octanol–water partition coefficient (Wildman–Crippen LogP) is -1.13. The van der Waals surface area contributed by atoms with Crippen LogP contribution in [0.15, 0.2) is 0 Å². The van der Waals surface area contributed by atoms with Crippen LogP contribution in [0.1, 0.15) is 13.8 Å². The molecule has 0 fully saturated rings. The first-order valence-electron chi connectivity index (χ1n) is 3.69. The highest BCUT2D eigenvalue weighted by molar-refractivity contribution is 5.71. The fourth-order valence-corrected chi connectivity index (χ4v) is 0.311. The molecule has 0 saturated carbocycles. The lowest BCUT2D eigenvalue weighted by Gasteiger charge is -2.04. The molecule has 74 valence electrons. The number of ether oxygens (including phenoxy) is 1. The average Bonchev–Trinajstić information content (AvgIpc) is 2.04. The van der Waals surface area contributed by atoms with Crippen LogP contribution in [0, 0.1) is 0 Å². The van der Waals surface area contributed by atoms with Crippen molar-refractivity contribution in [2.24, 2.45) is 5.73 Å². The maximum Gasteiger partial charge on any atom is 0.319 e. The van der Waals surface area contributed by atoms with Crippen molar-refractivity contribution in [3.05, 3.63) is 0 Å². The Morgan fingerprint density at radius 1 is 1.42 bits per heavy atom. The normalized spacial score (nSPS) is 8.83. The van der Waals surface area contributed by atoms with Crippen LogP contribution in [0.25, 0.3) is 0 Å². The molecule has 0 saturated heterocycles. The fourth-order valence-electron chi connectivity index (χ4n) is 0.311. The quantitative estimate of drug-likeness (QED) is 0.477. The van der Waals surface area contributed by atoms with Gasteiger partial charge in [0.1, 0.15) is 0 Å². The van der Waals surface area contributed by atoms with Crippen LogP contribution >= 0.6 is 0 Å². The molecule has 0 aliphatic rings. The zero-order chi connectivity index (χ0) is 9.98. The third kappa shape index (κ3) is 16.2. The monoisotopic (exact) mass is 179 g/mol. The van der Waals surface area contributed by atoms with Crippen molar-refractivity contribution in [1.82, 2.24) is 0 Å². The molecule has 12 heavy (non-hydrogen) atoms. The van der Waals surface area contributed by atoms with Gasteiger partial charge in [-0.25, -0.2) is 0 Å². The van der Waals surface area contributed by atoms with Crippen molar-refractivity contribution in [3.8, 4) is 0 Å². The molecule has 0 rings (SSSR count). The molecule has 0 aliphatic heterocycles. The molecule has 0 aromatic rings. The number of aliphatic hydroxyl groups excluding tert-OH is 2. The third-order valence-corrected chi connectivity index (χ3v) is 0.634. The van der Waals surface area contributed by atoms with E-state index in [0.29, 0.717) is 0 Å². The van der Waals surface area contributed by atoms with Crippen LogP contribution in [-0.2, 0) is 9.53 Å². The lowest BCUT2D eigenvalue weighted by atomic mass is 10.5. The molecule has 0 bridgehead atoms. The Kier molecular flexibility index (Phi) is 12.0. The molecule has 0 radical (unpaired) electrons. The highest BCUT2D eigenvalue weighted by atomic mass is 16.5. The minimum atomic E-state index is -0.347. The van der Waals surface area contributed by atoms with Crippen LogP contribution in [0.2, 0.25) is 0 Å². The van der Waals surface area contributed by atoms with Crippen LogP contribution in [0.3, 0.4) is 0 Å². The molecule has 0 amide bonds. The summed E-state index contributed by atoms with van der Waals surface area (Å²) in [5, 5.41) is 15.2. The van der Waals surface area contributed by atoms with Gasteiger partial charge >= 0.3 is 5.97 Å². The van der Waals surface area contributed by atoms with Gasteiger partial charge in [0, 0.05) is 0 Å². The Morgan fingerprint density at radius 2 is 1.83 bits per heavy atom. The van der Waals surface area contributed by atoms with Crippen LogP contribution < -0.4 is 5.73 Å². The molecule has 4 N–H and O–H groups in total. The van der Waals surface area contributed by atoms with Crippen molar-refractivity contribution < 1.29 is 19.7 Å². The first kappa shape index (κ1) is 13.9. The van der Waals surface area contributed by atoms with E-state index in [1.807, 2.05) is 0 Å². The highest BCUT2D eigenvalue weighted by Gasteiger charge is 1.99. The maximum absolute atomic E-state index is 10.3. The summed E-state index contributed by atoms with van der Waals surface area (Å²) in [7, 11) is 0. The summed E-state index contributed by atoms with van der Waals surface area (Å²) in [6.45, 7) is 3.29. The molecule has 0 unspecified atom stereocenters. The summed E-state index contributed by atoms with van der Waals surface area (Å²) in [4.78, 5) is 10.3. The van der Waals surface area contributed by atoms with E-state index >= 15 is 0 Å². The molecule has 5 heteroatoms. The molecule has 0 spiro atoms. The second-order valence-corrected chi connectivity index (χ2v) is 2.19. The van der Waals surface area contributed by atoms with E-state index in [1.54, 1.807) is 13.8 Å². The largest absolute Gasteiger partial charge is 0.462 e. The Labute approximate surface area is 72.1 Å². The van der Waals surface area contributed by atoms with Gasteiger partial charge < -0.3 is 20.7 Å². The lowest BCUT2D eigenvalue weighted by molar-refractivity contribution is -0.145. The molecular formula is C7H17NO4. The molecule has 5 nitrogen and oxygen atoms in total. The number of aliphatic hydroxyl groups is 2. The topological polar surface area (TPSA) is 92.8 Å². The first-order valence-corrected chi connectivity index (χ1v) is 3.69. The molecule has 0 atom stereocenters. The lowest BCUT2D eigenvalue weighted by Crippen LogP contribution is -2.20. The zero-order valence-electron chi connectivity index (χ0n) is 7.49. The van der Waals surface area contributed by atoms with Crippen molar-refractivity contribution in [2.75, 3.05) is 19.8 Å². The Morgan fingerprint density at radius 3 is 1.92 bits per heavy atom. The van der Waals surface area contributed by atoms with E-state index < -0.39 is 0 Å². The number of esters is 1. The van der Waals surface area contributed by atoms with E-state index in [9.17, 15) is 4.79 Å². The molecular weight excluding hydrogens is 162 g/mol. The fraction of sp³-hybridized carbons (Fsp3) is 0.857. The average molecular weight is 179 g/mol. The highest BCUT2D eigenvalue weighted by Crippen LogP contribution is 1.85. The Bertz CT molecular complexity index is 104. The van der Waals surface area contributed by atoms with Crippen molar-refractivity contribution in [3.63, 3.8) is 0 Å². The first-order chi connectivity index (χ1) is 5.58. The Balaban J connectivity index is 0. The van der Waals surface area contributed by atoms with Crippen molar-refractivity contribution >= 4 is 5.97 Å². The third-order valence-electron chi connectivity index (χ3n) is 0.634. The van der Waals surface area contributed by atoms with Gasteiger partial charge in [-0.2, -0.15) is 0 Å². The minimum Gasteiger partial charge on any atom is -0.462 e. The number of hydrogen-bond acceptors (Lipinski definition) is 5. The van der Waals surface area contributed by atoms with Gasteiger partial charge in [0.2, 0.25) is 0 Å². The summed E-state index contributed by atoms with van der Waals surface area (Å²) in [6, 6.07) is 0. The van der Waals surface area contributed by atoms with Gasteiger partial charge in [-0.15, -0.1) is 0 Å². The van der Waals surface area contributed by atoms with Crippen molar-refractivity contribution in [2.45, 2.75) is 20.0 Å². The predicted molar refractivity (Wildman–Crippen MR) is 44.5 cm³/mol. The van der Waals surface area contributed by atoms with E-state index in [0.717, 1.165) is 0 Å². The van der Waals surface area contributed by atoms with Crippen molar-refractivity contribution in [1.29, 1.82) is 0 Å². The summed E-state index contributed by atoms with van der Waals surface area (Å²) in [5.41, 5.74) is 4.95.